The van der Waals surface area contributed by atoms with Gasteiger partial charge in [0.15, 0.2) is 0 Å². The van der Waals surface area contributed by atoms with Gasteiger partial charge in [-0.1, -0.05) is 11.6 Å². The molecule has 0 radical (unpaired) electrons. The Bertz CT molecular complexity index is 537. The fourth-order valence-corrected chi connectivity index (χ4v) is 2.21. The minimum atomic E-state index is -3.93. The largest absolute Gasteiger partial charge is 0.459 e. The molecule has 1 aromatic rings. The maximum atomic E-state index is 11.6. The second-order valence-corrected chi connectivity index (χ2v) is 6.57. The van der Waals surface area contributed by atoms with E-state index in [1.54, 1.807) is 13.8 Å². The van der Waals surface area contributed by atoms with Crippen molar-refractivity contribution in [1.29, 1.82) is 0 Å². The third kappa shape index (κ3) is 4.18. The van der Waals surface area contributed by atoms with E-state index >= 15 is 0 Å². The predicted molar refractivity (Wildman–Crippen MR) is 65.0 cm³/mol. The van der Waals surface area contributed by atoms with Gasteiger partial charge in [-0.25, -0.2) is 13.2 Å². The van der Waals surface area contributed by atoms with Crippen LogP contribution in [0.15, 0.2) is 23.1 Å². The number of esters is 1. The molecular formula is C10H10Cl2O4S. The van der Waals surface area contributed by atoms with Crippen LogP contribution in [-0.4, -0.2) is 20.5 Å². The molecule has 0 heterocycles. The first kappa shape index (κ1) is 14.3. The normalized spacial score (nSPS) is 11.6. The zero-order chi connectivity index (χ0) is 13.2. The van der Waals surface area contributed by atoms with Crippen molar-refractivity contribution < 1.29 is 17.9 Å². The van der Waals surface area contributed by atoms with Crippen LogP contribution in [0.1, 0.15) is 24.2 Å². The van der Waals surface area contributed by atoms with Gasteiger partial charge in [-0.05, 0) is 32.0 Å². The van der Waals surface area contributed by atoms with Crippen LogP contribution in [-0.2, 0) is 13.8 Å². The lowest BCUT2D eigenvalue weighted by Crippen LogP contribution is -2.12. The highest BCUT2D eigenvalue weighted by Gasteiger charge is 2.16. The monoisotopic (exact) mass is 296 g/mol. The first-order valence-corrected chi connectivity index (χ1v) is 7.35. The summed E-state index contributed by atoms with van der Waals surface area (Å²) >= 11 is 5.71. The van der Waals surface area contributed by atoms with Crippen LogP contribution in [0, 0.1) is 0 Å². The highest BCUT2D eigenvalue weighted by atomic mass is 35.7. The number of carbonyl (C=O) groups excluding carboxylic acids is 1. The maximum absolute atomic E-state index is 11.6. The van der Waals surface area contributed by atoms with Gasteiger partial charge in [0, 0.05) is 15.7 Å². The molecule has 0 saturated carbocycles. The van der Waals surface area contributed by atoms with E-state index in [2.05, 4.69) is 0 Å². The van der Waals surface area contributed by atoms with Gasteiger partial charge in [0.1, 0.15) is 0 Å². The highest BCUT2D eigenvalue weighted by Crippen LogP contribution is 2.22. The fourth-order valence-electron chi connectivity index (χ4n) is 1.10. The third-order valence-corrected chi connectivity index (χ3v) is 3.28. The molecule has 1 rings (SSSR count). The smallest absolute Gasteiger partial charge is 0.338 e. The van der Waals surface area contributed by atoms with Gasteiger partial charge in [-0.2, -0.15) is 0 Å². The highest BCUT2D eigenvalue weighted by molar-refractivity contribution is 8.13. The first-order chi connectivity index (χ1) is 7.70. The molecule has 17 heavy (non-hydrogen) atoms. The average molecular weight is 297 g/mol. The Morgan fingerprint density at radius 3 is 2.35 bits per heavy atom. The molecule has 0 unspecified atom stereocenters. The Hall–Kier alpha value is -0.780. The van der Waals surface area contributed by atoms with E-state index in [4.69, 9.17) is 27.0 Å². The van der Waals surface area contributed by atoms with Crippen LogP contribution in [0.4, 0.5) is 0 Å². The fraction of sp³-hybridized carbons (Fsp3) is 0.300. The molecule has 0 aromatic heterocycles. The number of benzene rings is 1. The second kappa shape index (κ2) is 5.25. The van der Waals surface area contributed by atoms with Gasteiger partial charge in [0.25, 0.3) is 9.05 Å². The van der Waals surface area contributed by atoms with Crippen LogP contribution in [0.25, 0.3) is 0 Å². The van der Waals surface area contributed by atoms with Crippen LogP contribution < -0.4 is 0 Å². The Morgan fingerprint density at radius 2 is 1.88 bits per heavy atom. The second-order valence-electron chi connectivity index (χ2n) is 3.57. The molecule has 7 heteroatoms. The van der Waals surface area contributed by atoms with Crippen LogP contribution in [0.5, 0.6) is 0 Å². The van der Waals surface area contributed by atoms with Crippen molar-refractivity contribution in [2.75, 3.05) is 0 Å². The van der Waals surface area contributed by atoms with Crippen molar-refractivity contribution in [3.63, 3.8) is 0 Å². The van der Waals surface area contributed by atoms with Gasteiger partial charge in [-0.15, -0.1) is 0 Å². The summed E-state index contributed by atoms with van der Waals surface area (Å²) in [6.07, 6.45) is -0.308. The Kier molecular flexibility index (Phi) is 4.41. The third-order valence-electron chi connectivity index (χ3n) is 1.73. The molecule has 0 aliphatic carbocycles. The van der Waals surface area contributed by atoms with Gasteiger partial charge >= 0.3 is 5.97 Å². The topological polar surface area (TPSA) is 60.4 Å². The van der Waals surface area contributed by atoms with Gasteiger partial charge < -0.3 is 4.74 Å². The minimum absolute atomic E-state index is 0.0467. The summed E-state index contributed by atoms with van der Waals surface area (Å²) in [7, 11) is 1.24. The van der Waals surface area contributed by atoms with Gasteiger partial charge in [0.05, 0.1) is 16.6 Å². The number of carbonyl (C=O) groups is 1. The molecule has 94 valence electrons. The van der Waals surface area contributed by atoms with Gasteiger partial charge in [0.2, 0.25) is 0 Å². The first-order valence-electron chi connectivity index (χ1n) is 4.66. The molecule has 1 aromatic carbocycles. The van der Waals surface area contributed by atoms with Crippen LogP contribution in [0.2, 0.25) is 5.02 Å². The molecule has 0 saturated heterocycles. The molecule has 0 amide bonds. The number of halogens is 2. The van der Waals surface area contributed by atoms with Crippen molar-refractivity contribution in [2.45, 2.75) is 24.8 Å². The lowest BCUT2D eigenvalue weighted by molar-refractivity contribution is 0.0377. The molecule has 0 aliphatic rings. The van der Waals surface area contributed by atoms with E-state index < -0.39 is 15.0 Å². The molecule has 4 nitrogen and oxygen atoms in total. The Balaban J connectivity index is 3.19. The molecule has 0 spiro atoms. The van der Waals surface area contributed by atoms with E-state index in [0.717, 1.165) is 12.1 Å². The van der Waals surface area contributed by atoms with E-state index in [0.29, 0.717) is 0 Å². The summed E-state index contributed by atoms with van der Waals surface area (Å²) in [4.78, 5) is 11.3. The molecule has 0 bridgehead atoms. The standard InChI is InChI=1S/C10H10Cl2O4S/c1-6(2)16-10(13)7-3-8(11)5-9(4-7)17(12,14)15/h3-6H,1-2H3. The van der Waals surface area contributed by atoms with Crippen LogP contribution in [0.3, 0.4) is 0 Å². The summed E-state index contributed by atoms with van der Waals surface area (Å²) in [5.41, 5.74) is 0.0467. The number of rotatable bonds is 3. The summed E-state index contributed by atoms with van der Waals surface area (Å²) in [5, 5.41) is 0.0995. The molecule has 0 N–H and O–H groups in total. The molecular weight excluding hydrogens is 287 g/mol. The van der Waals surface area contributed by atoms with E-state index in [-0.39, 0.29) is 21.6 Å². The zero-order valence-electron chi connectivity index (χ0n) is 9.11. The summed E-state index contributed by atoms with van der Waals surface area (Å²) in [5.74, 6) is -0.649. The maximum Gasteiger partial charge on any atom is 0.338 e. The van der Waals surface area contributed by atoms with Crippen molar-refractivity contribution in [2.24, 2.45) is 0 Å². The summed E-state index contributed by atoms with van der Waals surface area (Å²) in [6, 6.07) is 3.60. The Morgan fingerprint density at radius 1 is 1.29 bits per heavy atom. The van der Waals surface area contributed by atoms with E-state index in [9.17, 15) is 13.2 Å². The van der Waals surface area contributed by atoms with Crippen molar-refractivity contribution in [3.8, 4) is 0 Å². The quantitative estimate of drug-likeness (QED) is 0.636. The Labute approximate surface area is 109 Å². The van der Waals surface area contributed by atoms with E-state index in [1.165, 1.54) is 6.07 Å². The summed E-state index contributed by atoms with van der Waals surface area (Å²) < 4.78 is 27.2. The SMILES string of the molecule is CC(C)OC(=O)c1cc(Cl)cc(S(=O)(=O)Cl)c1. The molecule has 0 atom stereocenters. The van der Waals surface area contributed by atoms with Crippen molar-refractivity contribution >= 4 is 37.3 Å². The molecule has 0 fully saturated rings. The number of hydrogen-bond acceptors (Lipinski definition) is 4. The van der Waals surface area contributed by atoms with Crippen molar-refractivity contribution in [1.82, 2.24) is 0 Å². The van der Waals surface area contributed by atoms with Crippen molar-refractivity contribution in [3.05, 3.63) is 28.8 Å². The molecule has 0 aliphatic heterocycles. The van der Waals surface area contributed by atoms with E-state index in [1.807, 2.05) is 0 Å². The summed E-state index contributed by atoms with van der Waals surface area (Å²) in [6.45, 7) is 3.36. The van der Waals surface area contributed by atoms with Crippen LogP contribution >= 0.6 is 22.3 Å². The predicted octanol–water partition coefficient (Wildman–Crippen LogP) is 2.83. The number of ether oxygens (including phenoxy) is 1. The lowest BCUT2D eigenvalue weighted by Gasteiger charge is -2.08. The van der Waals surface area contributed by atoms with Gasteiger partial charge in [-0.3, -0.25) is 0 Å². The average Bonchev–Trinajstić information content (AvgIpc) is 2.14. The lowest BCUT2D eigenvalue weighted by atomic mass is 10.2. The zero-order valence-corrected chi connectivity index (χ0v) is 11.4. The minimum Gasteiger partial charge on any atom is -0.459 e. The number of hydrogen-bond donors (Lipinski definition) is 0.